The van der Waals surface area contributed by atoms with Crippen LogP contribution in [0.1, 0.15) is 32.1 Å². The van der Waals surface area contributed by atoms with Gasteiger partial charge in [0, 0.05) is 0 Å². The number of nitrogens with zero attached hydrogens (tertiary/aromatic N) is 1. The zero-order valence-corrected chi connectivity index (χ0v) is 9.45. The standard InChI is InChI=1S/C12H18N2O2/c1-3-10(15)14(11(16)4-2)12(13)8-6-5-7-9-12/h3-4H,1-2,5-9,13H2. The van der Waals surface area contributed by atoms with Gasteiger partial charge in [-0.25, -0.2) is 0 Å². The van der Waals surface area contributed by atoms with E-state index in [0.29, 0.717) is 12.8 Å². The van der Waals surface area contributed by atoms with Crippen molar-refractivity contribution in [3.8, 4) is 0 Å². The Hall–Kier alpha value is -1.42. The van der Waals surface area contributed by atoms with Crippen LogP contribution in [0.3, 0.4) is 0 Å². The molecule has 0 aliphatic heterocycles. The van der Waals surface area contributed by atoms with Crippen molar-refractivity contribution in [3.63, 3.8) is 0 Å². The number of hydrogen-bond acceptors (Lipinski definition) is 3. The van der Waals surface area contributed by atoms with Gasteiger partial charge in [0.05, 0.1) is 5.66 Å². The summed E-state index contributed by atoms with van der Waals surface area (Å²) in [5.41, 5.74) is 5.28. The molecule has 4 heteroatoms. The lowest BCUT2D eigenvalue weighted by Crippen LogP contribution is -2.60. The molecule has 0 saturated heterocycles. The van der Waals surface area contributed by atoms with Gasteiger partial charge in [0.25, 0.3) is 11.8 Å². The quantitative estimate of drug-likeness (QED) is 0.579. The second-order valence-electron chi connectivity index (χ2n) is 4.08. The Morgan fingerprint density at radius 2 is 1.50 bits per heavy atom. The van der Waals surface area contributed by atoms with Crippen molar-refractivity contribution >= 4 is 11.8 Å². The second-order valence-corrected chi connectivity index (χ2v) is 4.08. The molecule has 0 aromatic heterocycles. The molecule has 0 aromatic rings. The van der Waals surface area contributed by atoms with Crippen molar-refractivity contribution in [2.24, 2.45) is 5.73 Å². The molecule has 0 atom stereocenters. The molecule has 0 bridgehead atoms. The molecule has 0 spiro atoms. The SMILES string of the molecule is C=CC(=O)N(C(=O)C=C)C1(N)CCCCC1. The average molecular weight is 222 g/mol. The lowest BCUT2D eigenvalue weighted by Gasteiger charge is -2.41. The van der Waals surface area contributed by atoms with E-state index >= 15 is 0 Å². The first-order valence-electron chi connectivity index (χ1n) is 5.47. The molecule has 1 saturated carbocycles. The average Bonchev–Trinajstić information content (AvgIpc) is 2.29. The van der Waals surface area contributed by atoms with E-state index in [-0.39, 0.29) is 0 Å². The van der Waals surface area contributed by atoms with E-state index in [1.54, 1.807) is 0 Å². The van der Waals surface area contributed by atoms with Gasteiger partial charge in [0.15, 0.2) is 0 Å². The molecule has 4 nitrogen and oxygen atoms in total. The van der Waals surface area contributed by atoms with Gasteiger partial charge < -0.3 is 5.73 Å². The molecule has 0 radical (unpaired) electrons. The summed E-state index contributed by atoms with van der Waals surface area (Å²) in [6.07, 6.45) is 6.48. The molecule has 0 unspecified atom stereocenters. The van der Waals surface area contributed by atoms with Gasteiger partial charge >= 0.3 is 0 Å². The van der Waals surface area contributed by atoms with Crippen LogP contribution in [0.4, 0.5) is 0 Å². The van der Waals surface area contributed by atoms with Crippen molar-refractivity contribution in [1.82, 2.24) is 4.90 Å². The Bertz CT molecular complexity index is 297. The summed E-state index contributed by atoms with van der Waals surface area (Å²) in [5, 5.41) is 0. The monoisotopic (exact) mass is 222 g/mol. The molecular weight excluding hydrogens is 204 g/mol. The van der Waals surface area contributed by atoms with Gasteiger partial charge in [-0.2, -0.15) is 0 Å². The lowest BCUT2D eigenvalue weighted by molar-refractivity contribution is -0.147. The van der Waals surface area contributed by atoms with Crippen molar-refractivity contribution in [2.75, 3.05) is 0 Å². The largest absolute Gasteiger partial charge is 0.308 e. The molecule has 88 valence electrons. The first-order chi connectivity index (χ1) is 7.55. The molecule has 1 rings (SSSR count). The van der Waals surface area contributed by atoms with E-state index in [2.05, 4.69) is 13.2 Å². The molecule has 1 fully saturated rings. The van der Waals surface area contributed by atoms with E-state index in [4.69, 9.17) is 5.73 Å². The number of carbonyl (C=O) groups is 2. The summed E-state index contributed by atoms with van der Waals surface area (Å²) in [6.45, 7) is 6.78. The molecule has 2 amide bonds. The van der Waals surface area contributed by atoms with Crippen LogP contribution < -0.4 is 5.73 Å². The van der Waals surface area contributed by atoms with Crippen LogP contribution in [0.5, 0.6) is 0 Å². The minimum absolute atomic E-state index is 0.450. The third-order valence-corrected chi connectivity index (χ3v) is 2.95. The van der Waals surface area contributed by atoms with Gasteiger partial charge in [-0.15, -0.1) is 0 Å². The summed E-state index contributed by atoms with van der Waals surface area (Å²) < 4.78 is 0. The smallest absolute Gasteiger partial charge is 0.254 e. The zero-order valence-electron chi connectivity index (χ0n) is 9.45. The number of amides is 2. The maximum atomic E-state index is 11.7. The fourth-order valence-corrected chi connectivity index (χ4v) is 2.12. The van der Waals surface area contributed by atoms with Crippen LogP contribution in [0, 0.1) is 0 Å². The van der Waals surface area contributed by atoms with Crippen LogP contribution >= 0.6 is 0 Å². The van der Waals surface area contributed by atoms with Crippen LogP contribution in [-0.2, 0) is 9.59 Å². The molecule has 0 aromatic carbocycles. The first kappa shape index (κ1) is 12.6. The van der Waals surface area contributed by atoms with Crippen molar-refractivity contribution in [1.29, 1.82) is 0 Å². The summed E-state index contributed by atoms with van der Waals surface area (Å²) in [7, 11) is 0. The third kappa shape index (κ3) is 2.39. The Balaban J connectivity index is 2.98. The highest BCUT2D eigenvalue weighted by Gasteiger charge is 2.39. The summed E-state index contributed by atoms with van der Waals surface area (Å²) in [6, 6.07) is 0. The fraction of sp³-hybridized carbons (Fsp3) is 0.500. The fourth-order valence-electron chi connectivity index (χ4n) is 2.12. The van der Waals surface area contributed by atoms with Gasteiger partial charge in [0.1, 0.15) is 0 Å². The number of rotatable bonds is 3. The predicted molar refractivity (Wildman–Crippen MR) is 62.3 cm³/mol. The van der Waals surface area contributed by atoms with Crippen LogP contribution in [0.15, 0.2) is 25.3 Å². The summed E-state index contributed by atoms with van der Waals surface area (Å²) >= 11 is 0. The van der Waals surface area contributed by atoms with E-state index < -0.39 is 17.5 Å². The topological polar surface area (TPSA) is 63.4 Å². The highest BCUT2D eigenvalue weighted by atomic mass is 16.2. The second kappa shape index (κ2) is 5.07. The molecule has 16 heavy (non-hydrogen) atoms. The molecule has 1 aliphatic carbocycles. The van der Waals surface area contributed by atoms with Crippen LogP contribution in [-0.4, -0.2) is 22.4 Å². The normalized spacial score (nSPS) is 18.6. The van der Waals surface area contributed by atoms with Crippen molar-refractivity contribution in [2.45, 2.75) is 37.8 Å². The maximum absolute atomic E-state index is 11.7. The molecular formula is C12H18N2O2. The lowest BCUT2D eigenvalue weighted by atomic mass is 9.88. The summed E-state index contributed by atoms with van der Waals surface area (Å²) in [4.78, 5) is 24.4. The van der Waals surface area contributed by atoms with Gasteiger partial charge in [-0.05, 0) is 37.8 Å². The minimum Gasteiger partial charge on any atom is -0.308 e. The Morgan fingerprint density at radius 3 is 1.88 bits per heavy atom. The predicted octanol–water partition coefficient (Wildman–Crippen LogP) is 1.33. The highest BCUT2D eigenvalue weighted by molar-refractivity contribution is 6.05. The summed E-state index contributed by atoms with van der Waals surface area (Å²) in [5.74, 6) is -0.899. The highest BCUT2D eigenvalue weighted by Crippen LogP contribution is 2.29. The Labute approximate surface area is 95.8 Å². The van der Waals surface area contributed by atoms with E-state index in [0.717, 1.165) is 36.3 Å². The Kier molecular flexibility index (Phi) is 4.01. The van der Waals surface area contributed by atoms with Crippen LogP contribution in [0.2, 0.25) is 0 Å². The number of imide groups is 1. The van der Waals surface area contributed by atoms with Gasteiger partial charge in [-0.3, -0.25) is 14.5 Å². The molecule has 1 aliphatic rings. The van der Waals surface area contributed by atoms with E-state index in [1.165, 1.54) is 0 Å². The van der Waals surface area contributed by atoms with Crippen molar-refractivity contribution in [3.05, 3.63) is 25.3 Å². The molecule has 2 N–H and O–H groups in total. The zero-order chi connectivity index (χ0) is 12.2. The van der Waals surface area contributed by atoms with Gasteiger partial charge in [-0.1, -0.05) is 19.6 Å². The van der Waals surface area contributed by atoms with E-state index in [9.17, 15) is 9.59 Å². The first-order valence-corrected chi connectivity index (χ1v) is 5.47. The number of hydrogen-bond donors (Lipinski definition) is 1. The number of nitrogens with two attached hydrogens (primary N) is 1. The Morgan fingerprint density at radius 1 is 1.06 bits per heavy atom. The van der Waals surface area contributed by atoms with Gasteiger partial charge in [0.2, 0.25) is 0 Å². The minimum atomic E-state index is -0.866. The number of carbonyl (C=O) groups excluding carboxylic acids is 2. The molecule has 0 heterocycles. The maximum Gasteiger partial charge on any atom is 0.254 e. The van der Waals surface area contributed by atoms with Crippen molar-refractivity contribution < 1.29 is 9.59 Å². The third-order valence-electron chi connectivity index (χ3n) is 2.95. The van der Waals surface area contributed by atoms with E-state index in [1.807, 2.05) is 0 Å². The van der Waals surface area contributed by atoms with Crippen LogP contribution in [0.25, 0.3) is 0 Å².